The molecule has 0 unspecified atom stereocenters. The van der Waals surface area contributed by atoms with Crippen LogP contribution in [0.5, 0.6) is 11.5 Å². The molecule has 2 rings (SSSR count). The van der Waals surface area contributed by atoms with Crippen molar-refractivity contribution in [3.05, 3.63) is 84.0 Å². The number of allylic oxidation sites excluding steroid dienone is 2. The Hall–Kier alpha value is -3.23. The van der Waals surface area contributed by atoms with Crippen LogP contribution in [-0.2, 0) is 25.2 Å². The first-order valence-electron chi connectivity index (χ1n) is 9.48. The fourth-order valence-electron chi connectivity index (χ4n) is 3.10. The molecule has 0 fully saturated rings. The highest BCUT2D eigenvalue weighted by atomic mass is 19.4. The summed E-state index contributed by atoms with van der Waals surface area (Å²) in [6.45, 7) is 6.91. The Balaban J connectivity index is 2.38. The largest absolute Gasteiger partial charge is 0.519 e. The van der Waals surface area contributed by atoms with Crippen LogP contribution in [0, 0.1) is 0 Å². The van der Waals surface area contributed by atoms with E-state index in [-0.39, 0.29) is 36.8 Å². The summed E-state index contributed by atoms with van der Waals surface area (Å²) in [4.78, 5) is 12.2. The Morgan fingerprint density at radius 1 is 0.750 bits per heavy atom. The number of rotatable bonds is 8. The monoisotopic (exact) mass is 458 g/mol. The molecule has 9 heteroatoms. The van der Waals surface area contributed by atoms with Crippen LogP contribution in [0.2, 0.25) is 0 Å². The van der Waals surface area contributed by atoms with Crippen molar-refractivity contribution < 1.29 is 40.6 Å². The second-order valence-electron chi connectivity index (χ2n) is 6.68. The molecular weight excluding hydrogens is 438 g/mol. The van der Waals surface area contributed by atoms with Gasteiger partial charge in [-0.15, -0.1) is 13.2 Å². The van der Waals surface area contributed by atoms with Gasteiger partial charge in [0.2, 0.25) is 0 Å². The average Bonchev–Trinajstić information content (AvgIpc) is 2.68. The number of carbonyl (C=O) groups is 1. The van der Waals surface area contributed by atoms with Crippen LogP contribution in [0.15, 0.2) is 61.7 Å². The minimum absolute atomic E-state index is 0.0197. The van der Waals surface area contributed by atoms with E-state index in [0.29, 0.717) is 0 Å². The summed E-state index contributed by atoms with van der Waals surface area (Å²) in [6.07, 6.45) is -8.15. The summed E-state index contributed by atoms with van der Waals surface area (Å²) < 4.78 is 90.9. The minimum atomic E-state index is -4.87. The molecule has 0 aromatic heterocycles. The molecule has 3 nitrogen and oxygen atoms in total. The first-order chi connectivity index (χ1) is 15.0. The van der Waals surface area contributed by atoms with Crippen molar-refractivity contribution in [1.82, 2.24) is 0 Å². The molecule has 0 saturated heterocycles. The maximum Gasteiger partial charge on any atom is 0.519 e. The van der Waals surface area contributed by atoms with Crippen molar-refractivity contribution in [1.29, 1.82) is 0 Å². The molecule has 0 heterocycles. The number of alkyl halides is 6. The van der Waals surface area contributed by atoms with Crippen molar-refractivity contribution in [2.75, 3.05) is 0 Å². The molecule has 0 aliphatic rings. The molecule has 0 aliphatic heterocycles. The maximum absolute atomic E-state index is 13.6. The average molecular weight is 458 g/mol. The molecule has 0 N–H and O–H groups in total. The molecule has 32 heavy (non-hydrogen) atoms. The third-order valence-corrected chi connectivity index (χ3v) is 4.41. The second-order valence-corrected chi connectivity index (χ2v) is 6.68. The Bertz CT molecular complexity index is 899. The topological polar surface area (TPSA) is 35.5 Å². The second kappa shape index (κ2) is 10.4. The van der Waals surface area contributed by atoms with E-state index in [1.54, 1.807) is 0 Å². The maximum atomic E-state index is 13.6. The number of aryl methyl sites for hydroxylation is 2. The first-order valence-corrected chi connectivity index (χ1v) is 9.48. The van der Waals surface area contributed by atoms with Crippen molar-refractivity contribution >= 4 is 6.16 Å². The van der Waals surface area contributed by atoms with E-state index in [9.17, 15) is 31.1 Å². The number of benzene rings is 2. The van der Waals surface area contributed by atoms with Crippen LogP contribution in [0.4, 0.5) is 31.1 Å². The van der Waals surface area contributed by atoms with Crippen LogP contribution < -0.4 is 9.47 Å². The van der Waals surface area contributed by atoms with Crippen molar-refractivity contribution in [2.24, 2.45) is 0 Å². The highest BCUT2D eigenvalue weighted by Gasteiger charge is 2.39. The van der Waals surface area contributed by atoms with Crippen LogP contribution in [0.1, 0.15) is 35.1 Å². The smallest absolute Gasteiger partial charge is 0.394 e. The lowest BCUT2D eigenvalue weighted by molar-refractivity contribution is -0.139. The third kappa shape index (κ3) is 6.38. The molecule has 2 aromatic carbocycles. The van der Waals surface area contributed by atoms with E-state index in [0.717, 1.165) is 12.1 Å². The zero-order valence-corrected chi connectivity index (χ0v) is 16.9. The Labute approximate surface area is 181 Å². The molecule has 0 bridgehead atoms. The highest BCUT2D eigenvalue weighted by Crippen LogP contribution is 2.41. The Kier molecular flexibility index (Phi) is 8.13. The highest BCUT2D eigenvalue weighted by molar-refractivity contribution is 5.69. The fourth-order valence-corrected chi connectivity index (χ4v) is 3.10. The van der Waals surface area contributed by atoms with Crippen LogP contribution >= 0.6 is 0 Å². The number of hydrogen-bond donors (Lipinski definition) is 0. The molecule has 172 valence electrons. The summed E-state index contributed by atoms with van der Waals surface area (Å²) in [5, 5.41) is 0. The van der Waals surface area contributed by atoms with Gasteiger partial charge in [-0.05, 0) is 48.9 Å². The van der Waals surface area contributed by atoms with E-state index in [2.05, 4.69) is 13.2 Å². The van der Waals surface area contributed by atoms with Crippen molar-refractivity contribution in [2.45, 2.75) is 38.0 Å². The van der Waals surface area contributed by atoms with Gasteiger partial charge in [0.25, 0.3) is 0 Å². The number of hydrogen-bond acceptors (Lipinski definition) is 3. The van der Waals surface area contributed by atoms with Crippen LogP contribution in [0.3, 0.4) is 0 Å². The summed E-state index contributed by atoms with van der Waals surface area (Å²) in [5.41, 5.74) is -2.70. The summed E-state index contributed by atoms with van der Waals surface area (Å²) in [5.74, 6) is -1.72. The van der Waals surface area contributed by atoms with E-state index in [1.165, 1.54) is 36.4 Å². The Morgan fingerprint density at radius 2 is 1.12 bits per heavy atom. The molecule has 0 amide bonds. The predicted molar refractivity (Wildman–Crippen MR) is 107 cm³/mol. The normalized spacial score (nSPS) is 11.7. The van der Waals surface area contributed by atoms with Gasteiger partial charge >= 0.3 is 18.5 Å². The first kappa shape index (κ1) is 25.0. The minimum Gasteiger partial charge on any atom is -0.394 e. The fraction of sp³-hybridized carbons (Fsp3) is 0.261. The van der Waals surface area contributed by atoms with E-state index < -0.39 is 41.1 Å². The van der Waals surface area contributed by atoms with Gasteiger partial charge in [0.1, 0.15) is 22.6 Å². The van der Waals surface area contributed by atoms with Gasteiger partial charge in [-0.1, -0.05) is 36.4 Å². The zero-order valence-electron chi connectivity index (χ0n) is 16.9. The lowest BCUT2D eigenvalue weighted by atomic mass is 10.0. The van der Waals surface area contributed by atoms with E-state index in [1.807, 2.05) is 0 Å². The van der Waals surface area contributed by atoms with Gasteiger partial charge in [0.15, 0.2) is 0 Å². The van der Waals surface area contributed by atoms with Crippen molar-refractivity contribution in [3.8, 4) is 11.5 Å². The van der Waals surface area contributed by atoms with Crippen molar-refractivity contribution in [3.63, 3.8) is 0 Å². The van der Waals surface area contributed by atoms with Gasteiger partial charge < -0.3 is 9.47 Å². The number of ether oxygens (including phenoxy) is 2. The summed E-state index contributed by atoms with van der Waals surface area (Å²) in [6, 6.07) is 6.71. The molecular formula is C23H20F6O3. The quantitative estimate of drug-likeness (QED) is 0.177. The molecule has 0 radical (unpaired) electrons. The molecule has 0 aliphatic carbocycles. The summed E-state index contributed by atoms with van der Waals surface area (Å²) >= 11 is 0. The van der Waals surface area contributed by atoms with Crippen LogP contribution in [-0.4, -0.2) is 6.16 Å². The SMILES string of the molecule is C=CCCc1cccc(OC(=O)Oc2cccc(CCC=C)c2C(F)(F)F)c1C(F)(F)F. The number of carbonyl (C=O) groups excluding carboxylic acids is 1. The predicted octanol–water partition coefficient (Wildman–Crippen LogP) is 7.54. The van der Waals surface area contributed by atoms with Gasteiger partial charge in [-0.2, -0.15) is 26.3 Å². The van der Waals surface area contributed by atoms with Gasteiger partial charge in [-0.3, -0.25) is 0 Å². The molecule has 0 spiro atoms. The molecule has 2 aromatic rings. The summed E-state index contributed by atoms with van der Waals surface area (Å²) in [7, 11) is 0. The zero-order chi connectivity index (χ0) is 23.9. The number of halogens is 6. The van der Waals surface area contributed by atoms with Gasteiger partial charge in [0.05, 0.1) is 0 Å². The molecule has 0 saturated carbocycles. The lowest BCUT2D eigenvalue weighted by Gasteiger charge is -2.18. The van der Waals surface area contributed by atoms with E-state index >= 15 is 0 Å². The third-order valence-electron chi connectivity index (χ3n) is 4.41. The van der Waals surface area contributed by atoms with Gasteiger partial charge in [0, 0.05) is 0 Å². The van der Waals surface area contributed by atoms with E-state index in [4.69, 9.17) is 9.47 Å². The standard InChI is InChI=1S/C23H20F6O3/c1-3-5-9-15-11-7-13-17(19(15)22(24,25)26)31-21(30)32-18-14-8-12-16(10-6-4-2)20(18)23(27,28)29/h3-4,7-8,11-14H,1-2,5-6,9-10H2. The molecule has 0 atom stereocenters. The Morgan fingerprint density at radius 3 is 1.44 bits per heavy atom. The van der Waals surface area contributed by atoms with Gasteiger partial charge in [-0.25, -0.2) is 4.79 Å². The lowest BCUT2D eigenvalue weighted by Crippen LogP contribution is -2.20. The van der Waals surface area contributed by atoms with Crippen LogP contribution in [0.25, 0.3) is 0 Å².